The first-order chi connectivity index (χ1) is 19.9. The number of halogens is 2. The third-order valence-corrected chi connectivity index (χ3v) is 8.70. The molecule has 0 unspecified atom stereocenters. The summed E-state index contributed by atoms with van der Waals surface area (Å²) in [6, 6.07) is 15.6. The maximum Gasteiger partial charge on any atom is 0.335 e. The molecule has 41 heavy (non-hydrogen) atoms. The second-order valence-corrected chi connectivity index (χ2v) is 11.4. The quantitative estimate of drug-likeness (QED) is 0.343. The van der Waals surface area contributed by atoms with E-state index in [0.29, 0.717) is 34.6 Å². The minimum Gasteiger partial charge on any atom is -0.478 e. The Morgan fingerprint density at radius 3 is 2.68 bits per heavy atom. The molecule has 3 aromatic rings. The summed E-state index contributed by atoms with van der Waals surface area (Å²) in [6.07, 6.45) is 3.29. The molecule has 216 valence electrons. The molecule has 2 atom stereocenters. The zero-order chi connectivity index (χ0) is 28.5. The Labute approximate surface area is 244 Å². The van der Waals surface area contributed by atoms with Crippen LogP contribution in [0.3, 0.4) is 0 Å². The summed E-state index contributed by atoms with van der Waals surface area (Å²) in [5.74, 6) is -0.487. The smallest absolute Gasteiger partial charge is 0.335 e. The van der Waals surface area contributed by atoms with Gasteiger partial charge in [-0.05, 0) is 68.7 Å². The molecule has 0 saturated carbocycles. The Hall–Kier alpha value is -3.40. The van der Waals surface area contributed by atoms with Gasteiger partial charge in [-0.1, -0.05) is 17.7 Å². The molecule has 0 spiro atoms. The molecule has 2 aromatic carbocycles. The number of carbonyl (C=O) groups is 1. The van der Waals surface area contributed by atoms with Crippen LogP contribution in [0.15, 0.2) is 54.6 Å². The van der Waals surface area contributed by atoms with Crippen molar-refractivity contribution >= 4 is 28.9 Å². The highest BCUT2D eigenvalue weighted by Gasteiger charge is 2.36. The number of anilines is 2. The van der Waals surface area contributed by atoms with Crippen molar-refractivity contribution in [3.63, 3.8) is 0 Å². The van der Waals surface area contributed by atoms with Crippen molar-refractivity contribution in [1.82, 2.24) is 9.88 Å². The van der Waals surface area contributed by atoms with Crippen LogP contribution in [-0.2, 0) is 11.3 Å². The fraction of sp³-hybridized carbons (Fsp3) is 0.419. The molecular formula is C31H34ClFN4O4. The predicted molar refractivity (Wildman–Crippen MR) is 155 cm³/mol. The molecule has 1 aromatic heterocycles. The molecular weight excluding hydrogens is 547 g/mol. The van der Waals surface area contributed by atoms with Crippen molar-refractivity contribution in [3.05, 3.63) is 82.3 Å². The van der Waals surface area contributed by atoms with Gasteiger partial charge in [0.05, 0.1) is 35.9 Å². The monoisotopic (exact) mass is 580 g/mol. The number of ether oxygens (including phenoxy) is 2. The van der Waals surface area contributed by atoms with E-state index in [4.69, 9.17) is 26.1 Å². The third-order valence-electron chi connectivity index (χ3n) is 8.47. The van der Waals surface area contributed by atoms with E-state index in [0.717, 1.165) is 62.6 Å². The van der Waals surface area contributed by atoms with Gasteiger partial charge in [0.1, 0.15) is 12.4 Å². The van der Waals surface area contributed by atoms with Gasteiger partial charge in [0.2, 0.25) is 5.88 Å². The van der Waals surface area contributed by atoms with E-state index in [-0.39, 0.29) is 24.7 Å². The minimum absolute atomic E-state index is 0.0635. The summed E-state index contributed by atoms with van der Waals surface area (Å²) in [5, 5.41) is 10.0. The Morgan fingerprint density at radius 2 is 1.95 bits per heavy atom. The van der Waals surface area contributed by atoms with Gasteiger partial charge in [-0.3, -0.25) is 4.90 Å². The molecule has 0 amide bonds. The summed E-state index contributed by atoms with van der Waals surface area (Å²) >= 11 is 6.01. The lowest BCUT2D eigenvalue weighted by atomic mass is 9.92. The number of carboxylic acids is 1. The standard InChI is InChI=1S/C31H34ClFN4O4/c1-20(37-19-36(17-25-11-14-40-25)29-16-22(31(38)39)5-8-28(29)37)35-12-9-21(10-13-35)27-3-2-4-30(34-27)41-18-23-15-24(32)6-7-26(23)33/h2-8,15-16,20-21,25H,9-14,17-19H2,1H3,(H,38,39)/t20-,25-/m0/s1. The summed E-state index contributed by atoms with van der Waals surface area (Å²) in [6.45, 7) is 6.37. The van der Waals surface area contributed by atoms with Crippen LogP contribution >= 0.6 is 11.6 Å². The Balaban J connectivity index is 1.09. The zero-order valence-electron chi connectivity index (χ0n) is 23.0. The van der Waals surface area contributed by atoms with Gasteiger partial charge < -0.3 is 24.4 Å². The van der Waals surface area contributed by atoms with E-state index in [9.17, 15) is 14.3 Å². The third kappa shape index (κ3) is 5.98. The van der Waals surface area contributed by atoms with Crippen LogP contribution in [-0.4, -0.2) is 66.1 Å². The number of carboxylic acid groups (broad SMARTS) is 1. The van der Waals surface area contributed by atoms with Gasteiger partial charge in [-0.2, -0.15) is 0 Å². The highest BCUT2D eigenvalue weighted by Crippen LogP contribution is 2.40. The number of rotatable bonds is 9. The lowest BCUT2D eigenvalue weighted by Crippen LogP contribution is -2.51. The summed E-state index contributed by atoms with van der Waals surface area (Å²) in [7, 11) is 0. The van der Waals surface area contributed by atoms with Gasteiger partial charge in [0.25, 0.3) is 0 Å². The number of hydrogen-bond acceptors (Lipinski definition) is 7. The molecule has 0 aliphatic carbocycles. The van der Waals surface area contributed by atoms with E-state index in [1.165, 1.54) is 12.1 Å². The van der Waals surface area contributed by atoms with Crippen LogP contribution < -0.4 is 14.5 Å². The fourth-order valence-corrected chi connectivity index (χ4v) is 6.14. The van der Waals surface area contributed by atoms with Gasteiger partial charge in [0, 0.05) is 54.5 Å². The zero-order valence-corrected chi connectivity index (χ0v) is 23.8. The van der Waals surface area contributed by atoms with Crippen LogP contribution in [0.4, 0.5) is 15.8 Å². The first-order valence-corrected chi connectivity index (χ1v) is 14.5. The number of piperidine rings is 1. The second-order valence-electron chi connectivity index (χ2n) is 11.0. The number of nitrogens with zero attached hydrogens (tertiary/aromatic N) is 4. The van der Waals surface area contributed by atoms with Gasteiger partial charge in [-0.15, -0.1) is 0 Å². The van der Waals surface area contributed by atoms with Crippen molar-refractivity contribution in [2.45, 2.75) is 51.0 Å². The van der Waals surface area contributed by atoms with E-state index in [1.807, 2.05) is 18.2 Å². The Kier molecular flexibility index (Phi) is 8.01. The molecule has 3 aliphatic rings. The van der Waals surface area contributed by atoms with Crippen LogP contribution in [0.25, 0.3) is 0 Å². The lowest BCUT2D eigenvalue weighted by molar-refractivity contribution is -0.0444. The molecule has 8 nitrogen and oxygen atoms in total. The van der Waals surface area contributed by atoms with Crippen LogP contribution in [0.5, 0.6) is 5.88 Å². The maximum atomic E-state index is 14.1. The molecule has 4 heterocycles. The second kappa shape index (κ2) is 11.8. The number of hydrogen-bond donors (Lipinski definition) is 1. The average molecular weight is 581 g/mol. The highest BCUT2D eigenvalue weighted by molar-refractivity contribution is 6.30. The van der Waals surface area contributed by atoms with Crippen molar-refractivity contribution in [3.8, 4) is 5.88 Å². The largest absolute Gasteiger partial charge is 0.478 e. The molecule has 0 radical (unpaired) electrons. The van der Waals surface area contributed by atoms with E-state index >= 15 is 0 Å². The molecule has 1 N–H and O–H groups in total. The summed E-state index contributed by atoms with van der Waals surface area (Å²) in [4.78, 5) is 23.5. The SMILES string of the molecule is C[C@@H](N1CCC(c2cccc(OCc3cc(Cl)ccc3F)n2)CC1)N1CN(C[C@@H]2CCO2)c2cc(C(=O)O)ccc21. The van der Waals surface area contributed by atoms with Crippen LogP contribution in [0, 0.1) is 5.82 Å². The van der Waals surface area contributed by atoms with Crippen molar-refractivity contribution in [2.24, 2.45) is 0 Å². The van der Waals surface area contributed by atoms with E-state index < -0.39 is 5.97 Å². The highest BCUT2D eigenvalue weighted by atomic mass is 35.5. The summed E-state index contributed by atoms with van der Waals surface area (Å²) in [5.41, 5.74) is 3.71. The topological polar surface area (TPSA) is 78.4 Å². The molecule has 0 bridgehead atoms. The van der Waals surface area contributed by atoms with E-state index in [1.54, 1.807) is 24.3 Å². The predicted octanol–water partition coefficient (Wildman–Crippen LogP) is 5.75. The van der Waals surface area contributed by atoms with Crippen LogP contribution in [0.1, 0.15) is 53.7 Å². The Bertz CT molecular complexity index is 1410. The normalized spacial score (nSPS) is 20.0. The molecule has 10 heteroatoms. The lowest BCUT2D eigenvalue weighted by Gasteiger charge is -2.41. The number of benzene rings is 2. The van der Waals surface area contributed by atoms with Crippen molar-refractivity contribution < 1.29 is 23.8 Å². The first-order valence-electron chi connectivity index (χ1n) is 14.1. The Morgan fingerprint density at radius 1 is 1.15 bits per heavy atom. The fourth-order valence-electron chi connectivity index (χ4n) is 5.95. The summed E-state index contributed by atoms with van der Waals surface area (Å²) < 4.78 is 25.6. The molecule has 2 fully saturated rings. The number of aromatic nitrogens is 1. The number of fused-ring (bicyclic) bond motifs is 1. The minimum atomic E-state index is -0.916. The first kappa shape index (κ1) is 27.8. The average Bonchev–Trinajstić information content (AvgIpc) is 3.33. The molecule has 2 saturated heterocycles. The van der Waals surface area contributed by atoms with Gasteiger partial charge >= 0.3 is 5.97 Å². The number of aromatic carboxylic acids is 1. The van der Waals surface area contributed by atoms with Crippen LogP contribution in [0.2, 0.25) is 5.02 Å². The maximum absolute atomic E-state index is 14.1. The number of likely N-dealkylation sites (tertiary alicyclic amines) is 1. The van der Waals surface area contributed by atoms with Gasteiger partial charge in [-0.25, -0.2) is 14.2 Å². The molecule has 6 rings (SSSR count). The van der Waals surface area contributed by atoms with Gasteiger partial charge in [0.15, 0.2) is 0 Å². The number of pyridine rings is 1. The van der Waals surface area contributed by atoms with E-state index in [2.05, 4.69) is 21.6 Å². The molecule has 3 aliphatic heterocycles. The van der Waals surface area contributed by atoms with Crippen molar-refractivity contribution in [2.75, 3.05) is 42.7 Å². The van der Waals surface area contributed by atoms with Crippen molar-refractivity contribution in [1.29, 1.82) is 0 Å².